The number of methoxy groups -OCH3 is 1. The Hall–Kier alpha value is -1.35. The fourth-order valence-corrected chi connectivity index (χ4v) is 2.44. The summed E-state index contributed by atoms with van der Waals surface area (Å²) in [7, 11) is 1.43. The smallest absolute Gasteiger partial charge is 0.322 e. The second-order valence-electron chi connectivity index (χ2n) is 4.62. The molecule has 0 aliphatic heterocycles. The standard InChI is InChI=1S/C14H19NO2/c1-10(14(16)17-2)15-13-8-7-11-5-3-4-6-12(11)9-13/h3-6,10,13,15H,7-9H2,1-2H3. The Morgan fingerprint density at radius 3 is 2.82 bits per heavy atom. The quantitative estimate of drug-likeness (QED) is 0.807. The van der Waals surface area contributed by atoms with Crippen LogP contribution in [0.1, 0.15) is 24.5 Å². The van der Waals surface area contributed by atoms with Crippen molar-refractivity contribution in [2.75, 3.05) is 7.11 Å². The molecule has 0 heterocycles. The number of hydrogen-bond acceptors (Lipinski definition) is 3. The molecule has 2 unspecified atom stereocenters. The van der Waals surface area contributed by atoms with E-state index in [1.807, 2.05) is 6.92 Å². The van der Waals surface area contributed by atoms with E-state index in [4.69, 9.17) is 4.74 Å². The maximum atomic E-state index is 11.3. The molecular weight excluding hydrogens is 214 g/mol. The highest BCUT2D eigenvalue weighted by molar-refractivity contribution is 5.75. The second-order valence-corrected chi connectivity index (χ2v) is 4.62. The van der Waals surface area contributed by atoms with Crippen LogP contribution in [-0.2, 0) is 22.4 Å². The Labute approximate surface area is 102 Å². The Morgan fingerprint density at radius 2 is 2.12 bits per heavy atom. The summed E-state index contributed by atoms with van der Waals surface area (Å²) in [4.78, 5) is 11.3. The third-order valence-corrected chi connectivity index (χ3v) is 3.39. The SMILES string of the molecule is COC(=O)C(C)NC1CCc2ccccc2C1. The van der Waals surface area contributed by atoms with Gasteiger partial charge in [-0.1, -0.05) is 24.3 Å². The molecule has 2 atom stereocenters. The van der Waals surface area contributed by atoms with Gasteiger partial charge in [0.05, 0.1) is 7.11 Å². The highest BCUT2D eigenvalue weighted by Gasteiger charge is 2.22. The first-order valence-corrected chi connectivity index (χ1v) is 6.11. The van der Waals surface area contributed by atoms with Gasteiger partial charge in [-0.25, -0.2) is 0 Å². The van der Waals surface area contributed by atoms with Crippen molar-refractivity contribution in [3.05, 3.63) is 35.4 Å². The summed E-state index contributed by atoms with van der Waals surface area (Å²) < 4.78 is 4.72. The number of carbonyl (C=O) groups excluding carboxylic acids is 1. The summed E-state index contributed by atoms with van der Waals surface area (Å²) in [6.07, 6.45) is 3.16. The van der Waals surface area contributed by atoms with E-state index < -0.39 is 0 Å². The van der Waals surface area contributed by atoms with Crippen LogP contribution in [0.2, 0.25) is 0 Å². The van der Waals surface area contributed by atoms with Gasteiger partial charge in [-0.2, -0.15) is 0 Å². The molecular formula is C14H19NO2. The summed E-state index contributed by atoms with van der Waals surface area (Å²) in [5.41, 5.74) is 2.84. The van der Waals surface area contributed by atoms with E-state index >= 15 is 0 Å². The zero-order chi connectivity index (χ0) is 12.3. The average Bonchev–Trinajstić information content (AvgIpc) is 2.37. The van der Waals surface area contributed by atoms with Crippen LogP contribution in [0, 0.1) is 0 Å². The summed E-state index contributed by atoms with van der Waals surface area (Å²) in [5, 5.41) is 3.34. The molecule has 17 heavy (non-hydrogen) atoms. The molecule has 1 N–H and O–H groups in total. The van der Waals surface area contributed by atoms with Gasteiger partial charge in [0.25, 0.3) is 0 Å². The Kier molecular flexibility index (Phi) is 3.79. The Balaban J connectivity index is 1.96. The minimum Gasteiger partial charge on any atom is -0.468 e. The number of fused-ring (bicyclic) bond motifs is 1. The van der Waals surface area contributed by atoms with Crippen molar-refractivity contribution in [2.24, 2.45) is 0 Å². The topological polar surface area (TPSA) is 38.3 Å². The van der Waals surface area contributed by atoms with Gasteiger partial charge < -0.3 is 10.1 Å². The molecule has 0 spiro atoms. The van der Waals surface area contributed by atoms with E-state index in [1.54, 1.807) is 0 Å². The van der Waals surface area contributed by atoms with Crippen molar-refractivity contribution in [2.45, 2.75) is 38.3 Å². The molecule has 0 bridgehead atoms. The zero-order valence-corrected chi connectivity index (χ0v) is 10.4. The lowest BCUT2D eigenvalue weighted by atomic mass is 9.88. The zero-order valence-electron chi connectivity index (χ0n) is 10.4. The Morgan fingerprint density at radius 1 is 1.41 bits per heavy atom. The molecule has 0 radical (unpaired) electrons. The van der Waals surface area contributed by atoms with Crippen molar-refractivity contribution in [3.8, 4) is 0 Å². The first-order chi connectivity index (χ1) is 8.20. The predicted molar refractivity (Wildman–Crippen MR) is 66.9 cm³/mol. The van der Waals surface area contributed by atoms with E-state index in [-0.39, 0.29) is 12.0 Å². The molecule has 0 fully saturated rings. The van der Waals surface area contributed by atoms with Crippen LogP contribution < -0.4 is 5.32 Å². The van der Waals surface area contributed by atoms with Crippen LogP contribution in [0.15, 0.2) is 24.3 Å². The van der Waals surface area contributed by atoms with Crippen molar-refractivity contribution in [1.82, 2.24) is 5.32 Å². The van der Waals surface area contributed by atoms with Gasteiger partial charge in [0, 0.05) is 6.04 Å². The van der Waals surface area contributed by atoms with Gasteiger partial charge in [-0.05, 0) is 37.3 Å². The van der Waals surface area contributed by atoms with Gasteiger partial charge >= 0.3 is 5.97 Å². The van der Waals surface area contributed by atoms with Gasteiger partial charge in [-0.15, -0.1) is 0 Å². The second kappa shape index (κ2) is 5.32. The number of hydrogen-bond donors (Lipinski definition) is 1. The number of nitrogens with one attached hydrogen (secondary N) is 1. The van der Waals surface area contributed by atoms with Crippen LogP contribution in [0.5, 0.6) is 0 Å². The molecule has 0 saturated carbocycles. The van der Waals surface area contributed by atoms with Gasteiger partial charge in [0.1, 0.15) is 6.04 Å². The molecule has 92 valence electrons. The van der Waals surface area contributed by atoms with Gasteiger partial charge in [0.2, 0.25) is 0 Å². The number of esters is 1. The molecule has 1 aromatic rings. The molecule has 1 aliphatic carbocycles. The fraction of sp³-hybridized carbons (Fsp3) is 0.500. The summed E-state index contributed by atoms with van der Waals surface area (Å²) in [5.74, 6) is -0.191. The highest BCUT2D eigenvalue weighted by Crippen LogP contribution is 2.21. The van der Waals surface area contributed by atoms with Crippen LogP contribution in [0.4, 0.5) is 0 Å². The fourth-order valence-electron chi connectivity index (χ4n) is 2.44. The molecule has 0 amide bonds. The number of aryl methyl sites for hydroxylation is 1. The van der Waals surface area contributed by atoms with Crippen LogP contribution in [0.3, 0.4) is 0 Å². The normalized spacial score (nSPS) is 20.5. The number of rotatable bonds is 3. The largest absolute Gasteiger partial charge is 0.468 e. The molecule has 0 aromatic heterocycles. The molecule has 1 aromatic carbocycles. The summed E-state index contributed by atoms with van der Waals surface area (Å²) >= 11 is 0. The van der Waals surface area contributed by atoms with Gasteiger partial charge in [0.15, 0.2) is 0 Å². The van der Waals surface area contributed by atoms with E-state index in [1.165, 1.54) is 18.2 Å². The van der Waals surface area contributed by atoms with Crippen LogP contribution in [0.25, 0.3) is 0 Å². The lowest BCUT2D eigenvalue weighted by Crippen LogP contribution is -2.44. The van der Waals surface area contributed by atoms with Crippen LogP contribution in [-0.4, -0.2) is 25.2 Å². The van der Waals surface area contributed by atoms with Crippen LogP contribution >= 0.6 is 0 Å². The minimum absolute atomic E-state index is 0.191. The maximum Gasteiger partial charge on any atom is 0.322 e. The van der Waals surface area contributed by atoms with Gasteiger partial charge in [-0.3, -0.25) is 4.79 Å². The van der Waals surface area contributed by atoms with E-state index in [0.717, 1.165) is 19.3 Å². The summed E-state index contributed by atoms with van der Waals surface area (Å²) in [6, 6.07) is 8.67. The molecule has 3 nitrogen and oxygen atoms in total. The lowest BCUT2D eigenvalue weighted by molar-refractivity contribution is -0.142. The Bertz CT molecular complexity index is 403. The summed E-state index contributed by atoms with van der Waals surface area (Å²) in [6.45, 7) is 1.85. The van der Waals surface area contributed by atoms with E-state index in [2.05, 4.69) is 29.6 Å². The van der Waals surface area contributed by atoms with Crippen molar-refractivity contribution in [1.29, 1.82) is 0 Å². The predicted octanol–water partition coefficient (Wildman–Crippen LogP) is 1.69. The molecule has 1 aliphatic rings. The minimum atomic E-state index is -0.227. The first-order valence-electron chi connectivity index (χ1n) is 6.11. The van der Waals surface area contributed by atoms with E-state index in [0.29, 0.717) is 6.04 Å². The third kappa shape index (κ3) is 2.86. The van der Waals surface area contributed by atoms with E-state index in [9.17, 15) is 4.79 Å². The van der Waals surface area contributed by atoms with Crippen molar-refractivity contribution >= 4 is 5.97 Å². The third-order valence-electron chi connectivity index (χ3n) is 3.39. The first kappa shape index (κ1) is 12.1. The molecule has 3 heteroatoms. The highest BCUT2D eigenvalue weighted by atomic mass is 16.5. The molecule has 2 rings (SSSR count). The molecule has 0 saturated heterocycles. The number of carbonyl (C=O) groups is 1. The number of ether oxygens (including phenoxy) is 1. The van der Waals surface area contributed by atoms with Crippen molar-refractivity contribution < 1.29 is 9.53 Å². The average molecular weight is 233 g/mol. The van der Waals surface area contributed by atoms with Crippen molar-refractivity contribution in [3.63, 3.8) is 0 Å². The monoisotopic (exact) mass is 233 g/mol. The number of benzene rings is 1. The maximum absolute atomic E-state index is 11.3. The lowest BCUT2D eigenvalue weighted by Gasteiger charge is -2.27.